The Morgan fingerprint density at radius 1 is 1.21 bits per heavy atom. The molecule has 2 aromatic rings. The number of carbonyl (C=O) groups excluding carboxylic acids is 2. The predicted molar refractivity (Wildman–Crippen MR) is 91.9 cm³/mol. The van der Waals surface area contributed by atoms with E-state index in [0.29, 0.717) is 26.2 Å². The van der Waals surface area contributed by atoms with Crippen LogP contribution >= 0.6 is 11.3 Å². The van der Waals surface area contributed by atoms with Crippen LogP contribution < -0.4 is 5.32 Å². The number of nitrogens with one attached hydrogen (secondary N) is 1. The molecule has 7 heteroatoms. The summed E-state index contributed by atoms with van der Waals surface area (Å²) in [7, 11) is 0. The Hall–Kier alpha value is -2.12. The second-order valence-electron chi connectivity index (χ2n) is 5.77. The fourth-order valence-corrected chi connectivity index (χ4v) is 3.40. The molecule has 0 aliphatic carbocycles. The second kappa shape index (κ2) is 7.63. The van der Waals surface area contributed by atoms with Gasteiger partial charge in [-0.2, -0.15) is 0 Å². The molecule has 1 aliphatic heterocycles. The van der Waals surface area contributed by atoms with Crippen molar-refractivity contribution < 1.29 is 14.0 Å². The molecule has 0 spiro atoms. The first kappa shape index (κ1) is 16.7. The number of furan rings is 1. The van der Waals surface area contributed by atoms with E-state index in [1.807, 2.05) is 41.5 Å². The molecule has 2 aromatic heterocycles. The SMILES string of the molecule is C[C@@H](NCC(=O)N1CCN(C(=O)c2cccs2)CC1)c1ccco1. The van der Waals surface area contributed by atoms with Crippen LogP contribution in [-0.2, 0) is 4.79 Å². The minimum atomic E-state index is -0.00866. The number of carbonyl (C=O) groups is 2. The Morgan fingerprint density at radius 2 is 1.96 bits per heavy atom. The van der Waals surface area contributed by atoms with E-state index >= 15 is 0 Å². The molecule has 6 nitrogen and oxygen atoms in total. The molecule has 1 aliphatic rings. The molecule has 3 rings (SSSR count). The smallest absolute Gasteiger partial charge is 0.264 e. The molecule has 24 heavy (non-hydrogen) atoms. The van der Waals surface area contributed by atoms with Crippen molar-refractivity contribution in [2.45, 2.75) is 13.0 Å². The van der Waals surface area contributed by atoms with Gasteiger partial charge in [0.15, 0.2) is 0 Å². The van der Waals surface area contributed by atoms with Gasteiger partial charge in [-0.25, -0.2) is 0 Å². The third kappa shape index (κ3) is 3.85. The number of piperazine rings is 1. The van der Waals surface area contributed by atoms with Gasteiger partial charge in [0.05, 0.1) is 23.7 Å². The molecule has 3 heterocycles. The largest absolute Gasteiger partial charge is 0.468 e. The summed E-state index contributed by atoms with van der Waals surface area (Å²) < 4.78 is 5.32. The number of thiophene rings is 1. The number of nitrogens with zero attached hydrogens (tertiary/aromatic N) is 2. The first-order chi connectivity index (χ1) is 11.6. The summed E-state index contributed by atoms with van der Waals surface area (Å²) in [6.45, 7) is 4.54. The summed E-state index contributed by atoms with van der Waals surface area (Å²) in [5.74, 6) is 0.924. The predicted octanol–water partition coefficient (Wildman–Crippen LogP) is 1.98. The van der Waals surface area contributed by atoms with Crippen molar-refractivity contribution in [2.24, 2.45) is 0 Å². The fraction of sp³-hybridized carbons (Fsp3) is 0.412. The van der Waals surface area contributed by atoms with Crippen LogP contribution in [0, 0.1) is 0 Å². The Morgan fingerprint density at radius 3 is 2.58 bits per heavy atom. The van der Waals surface area contributed by atoms with E-state index < -0.39 is 0 Å². The molecule has 1 atom stereocenters. The quantitative estimate of drug-likeness (QED) is 0.898. The Labute approximate surface area is 145 Å². The molecule has 2 amide bonds. The molecule has 0 saturated carbocycles. The highest BCUT2D eigenvalue weighted by atomic mass is 32.1. The van der Waals surface area contributed by atoms with Crippen LogP contribution in [0.25, 0.3) is 0 Å². The highest BCUT2D eigenvalue weighted by Gasteiger charge is 2.25. The van der Waals surface area contributed by atoms with Gasteiger partial charge in [-0.1, -0.05) is 6.07 Å². The van der Waals surface area contributed by atoms with E-state index in [1.165, 1.54) is 11.3 Å². The van der Waals surface area contributed by atoms with Crippen LogP contribution in [-0.4, -0.2) is 54.3 Å². The van der Waals surface area contributed by atoms with Crippen molar-refractivity contribution in [3.63, 3.8) is 0 Å². The van der Waals surface area contributed by atoms with Crippen LogP contribution in [0.4, 0.5) is 0 Å². The summed E-state index contributed by atoms with van der Waals surface area (Å²) >= 11 is 1.45. The molecule has 1 N–H and O–H groups in total. The van der Waals surface area contributed by atoms with Crippen LogP contribution in [0.1, 0.15) is 28.4 Å². The molecule has 0 unspecified atom stereocenters. The molecule has 128 valence electrons. The summed E-state index contributed by atoms with van der Waals surface area (Å²) in [5.41, 5.74) is 0. The zero-order chi connectivity index (χ0) is 16.9. The van der Waals surface area contributed by atoms with E-state index in [2.05, 4.69) is 5.32 Å². The van der Waals surface area contributed by atoms with E-state index in [-0.39, 0.29) is 24.4 Å². The number of amides is 2. The van der Waals surface area contributed by atoms with Crippen molar-refractivity contribution in [3.05, 3.63) is 46.5 Å². The summed E-state index contributed by atoms with van der Waals surface area (Å²) in [4.78, 5) is 29.0. The zero-order valence-electron chi connectivity index (χ0n) is 13.6. The molecule has 0 aromatic carbocycles. The zero-order valence-corrected chi connectivity index (χ0v) is 14.4. The molecule has 1 saturated heterocycles. The monoisotopic (exact) mass is 347 g/mol. The van der Waals surface area contributed by atoms with Crippen LogP contribution in [0.5, 0.6) is 0 Å². The average molecular weight is 347 g/mol. The highest BCUT2D eigenvalue weighted by molar-refractivity contribution is 7.12. The number of hydrogen-bond donors (Lipinski definition) is 1. The van der Waals surface area contributed by atoms with Crippen molar-refractivity contribution in [3.8, 4) is 0 Å². The van der Waals surface area contributed by atoms with Gasteiger partial charge in [-0.05, 0) is 30.5 Å². The molecule has 0 bridgehead atoms. The first-order valence-corrected chi connectivity index (χ1v) is 8.90. The first-order valence-electron chi connectivity index (χ1n) is 8.02. The Kier molecular flexibility index (Phi) is 5.32. The van der Waals surface area contributed by atoms with Crippen molar-refractivity contribution in [1.29, 1.82) is 0 Å². The van der Waals surface area contributed by atoms with Gasteiger partial charge < -0.3 is 14.2 Å². The summed E-state index contributed by atoms with van der Waals surface area (Å²) in [6.07, 6.45) is 1.62. The second-order valence-corrected chi connectivity index (χ2v) is 6.72. The van der Waals surface area contributed by atoms with Gasteiger partial charge in [0, 0.05) is 26.2 Å². The maximum Gasteiger partial charge on any atom is 0.264 e. The molecular formula is C17H21N3O3S. The normalized spacial score (nSPS) is 16.2. The van der Waals surface area contributed by atoms with Crippen molar-refractivity contribution in [1.82, 2.24) is 15.1 Å². The molecular weight excluding hydrogens is 326 g/mol. The third-order valence-electron chi connectivity index (χ3n) is 4.18. The minimum absolute atomic E-state index is 0.00866. The van der Waals surface area contributed by atoms with Crippen molar-refractivity contribution >= 4 is 23.2 Å². The van der Waals surface area contributed by atoms with E-state index in [1.54, 1.807) is 11.2 Å². The van der Waals surface area contributed by atoms with Gasteiger partial charge in [0.25, 0.3) is 5.91 Å². The van der Waals surface area contributed by atoms with Crippen LogP contribution in [0.3, 0.4) is 0 Å². The highest BCUT2D eigenvalue weighted by Crippen LogP contribution is 2.14. The average Bonchev–Trinajstić information content (AvgIpc) is 3.32. The maximum absolute atomic E-state index is 12.3. The molecule has 1 fully saturated rings. The lowest BCUT2D eigenvalue weighted by Gasteiger charge is -2.34. The van der Waals surface area contributed by atoms with Gasteiger partial charge >= 0.3 is 0 Å². The van der Waals surface area contributed by atoms with Gasteiger partial charge in [-0.15, -0.1) is 11.3 Å². The van der Waals surface area contributed by atoms with Crippen LogP contribution in [0.15, 0.2) is 40.3 Å². The van der Waals surface area contributed by atoms with E-state index in [0.717, 1.165) is 10.6 Å². The topological polar surface area (TPSA) is 65.8 Å². The van der Waals surface area contributed by atoms with Gasteiger partial charge in [0.1, 0.15) is 5.76 Å². The fourth-order valence-electron chi connectivity index (χ4n) is 2.71. The molecule has 0 radical (unpaired) electrons. The van der Waals surface area contributed by atoms with Crippen molar-refractivity contribution in [2.75, 3.05) is 32.7 Å². The lowest BCUT2D eigenvalue weighted by atomic mass is 10.2. The number of rotatable bonds is 5. The van der Waals surface area contributed by atoms with E-state index in [4.69, 9.17) is 4.42 Å². The lowest BCUT2D eigenvalue weighted by Crippen LogP contribution is -2.52. The Balaban J connectivity index is 1.44. The Bertz CT molecular complexity index is 661. The standard InChI is InChI=1S/C17H21N3O3S/c1-13(14-4-2-10-23-14)18-12-16(21)19-6-8-20(9-7-19)17(22)15-5-3-11-24-15/h2-5,10-11,13,18H,6-9,12H2,1H3/t13-/m1/s1. The third-order valence-corrected chi connectivity index (χ3v) is 5.04. The summed E-state index contributed by atoms with van der Waals surface area (Å²) in [6, 6.07) is 7.43. The van der Waals surface area contributed by atoms with Gasteiger partial charge in [-0.3, -0.25) is 14.9 Å². The summed E-state index contributed by atoms with van der Waals surface area (Å²) in [5, 5.41) is 5.08. The number of hydrogen-bond acceptors (Lipinski definition) is 5. The van der Waals surface area contributed by atoms with Crippen LogP contribution in [0.2, 0.25) is 0 Å². The maximum atomic E-state index is 12.3. The van der Waals surface area contributed by atoms with Gasteiger partial charge in [0.2, 0.25) is 5.91 Å². The minimum Gasteiger partial charge on any atom is -0.468 e. The lowest BCUT2D eigenvalue weighted by molar-refractivity contribution is -0.131. The van der Waals surface area contributed by atoms with E-state index in [9.17, 15) is 9.59 Å².